The molecule has 0 saturated carbocycles. The van der Waals surface area contributed by atoms with Crippen LogP contribution in [-0.2, 0) is 4.79 Å². The zero-order valence-corrected chi connectivity index (χ0v) is 13.7. The van der Waals surface area contributed by atoms with Gasteiger partial charge in [-0.1, -0.05) is 11.6 Å². The van der Waals surface area contributed by atoms with Crippen molar-refractivity contribution in [1.29, 1.82) is 0 Å². The summed E-state index contributed by atoms with van der Waals surface area (Å²) in [7, 11) is 0. The fraction of sp³-hybridized carbons (Fsp3) is 0.235. The van der Waals surface area contributed by atoms with Crippen LogP contribution in [0.3, 0.4) is 0 Å². The highest BCUT2D eigenvalue weighted by molar-refractivity contribution is 6.30. The van der Waals surface area contributed by atoms with Crippen molar-refractivity contribution in [2.45, 2.75) is 19.9 Å². The molecule has 0 radical (unpaired) electrons. The van der Waals surface area contributed by atoms with Crippen LogP contribution in [0.1, 0.15) is 13.8 Å². The average molecular weight is 337 g/mol. The van der Waals surface area contributed by atoms with Crippen molar-refractivity contribution in [3.05, 3.63) is 53.3 Å². The zero-order valence-electron chi connectivity index (χ0n) is 12.9. The third-order valence-electron chi connectivity index (χ3n) is 3.13. The molecule has 0 aliphatic carbocycles. The Balaban J connectivity index is 1.96. The van der Waals surface area contributed by atoms with Crippen LogP contribution in [0.2, 0.25) is 5.02 Å². The van der Waals surface area contributed by atoms with Gasteiger partial charge in [0.25, 0.3) is 0 Å². The smallest absolute Gasteiger partial charge is 0.246 e. The van der Waals surface area contributed by atoms with E-state index in [-0.39, 0.29) is 16.6 Å². The molecule has 2 rings (SSSR count). The molecule has 6 heteroatoms. The minimum absolute atomic E-state index is 0.0970. The van der Waals surface area contributed by atoms with E-state index in [1.165, 1.54) is 12.1 Å². The molecule has 0 fully saturated rings. The van der Waals surface area contributed by atoms with Crippen LogP contribution in [0.4, 0.5) is 15.8 Å². The molecule has 4 nitrogen and oxygen atoms in total. The summed E-state index contributed by atoms with van der Waals surface area (Å²) >= 11 is 5.68. The number of carbonyl (C=O) groups excluding carboxylic acids is 1. The summed E-state index contributed by atoms with van der Waals surface area (Å²) < 4.78 is 19.0. The van der Waals surface area contributed by atoms with Gasteiger partial charge in [0.2, 0.25) is 5.91 Å². The number of carbonyl (C=O) groups is 1. The highest BCUT2D eigenvalue weighted by Gasteiger charge is 2.14. The third-order valence-corrected chi connectivity index (χ3v) is 3.37. The summed E-state index contributed by atoms with van der Waals surface area (Å²) in [4.78, 5) is 12.1. The highest BCUT2D eigenvalue weighted by Crippen LogP contribution is 2.20. The Morgan fingerprint density at radius 3 is 2.57 bits per heavy atom. The number of halogens is 2. The second-order valence-electron chi connectivity index (χ2n) is 4.94. The Bertz CT molecular complexity index is 677. The van der Waals surface area contributed by atoms with Gasteiger partial charge in [0.05, 0.1) is 12.3 Å². The summed E-state index contributed by atoms with van der Waals surface area (Å²) in [6, 6.07) is 10.8. The van der Waals surface area contributed by atoms with E-state index in [1.807, 2.05) is 31.2 Å². The molecule has 0 aliphatic rings. The first kappa shape index (κ1) is 17.1. The Labute approximate surface area is 139 Å². The first-order chi connectivity index (χ1) is 11.0. The maximum Gasteiger partial charge on any atom is 0.246 e. The van der Waals surface area contributed by atoms with Gasteiger partial charge in [-0.15, -0.1) is 0 Å². The van der Waals surface area contributed by atoms with Crippen LogP contribution in [0.5, 0.6) is 5.75 Å². The number of ether oxygens (including phenoxy) is 1. The van der Waals surface area contributed by atoms with Crippen LogP contribution in [0, 0.1) is 5.82 Å². The van der Waals surface area contributed by atoms with Gasteiger partial charge in [-0.2, -0.15) is 0 Å². The zero-order chi connectivity index (χ0) is 16.8. The first-order valence-corrected chi connectivity index (χ1v) is 7.62. The number of rotatable bonds is 6. The number of hydrogen-bond donors (Lipinski definition) is 2. The summed E-state index contributed by atoms with van der Waals surface area (Å²) in [6.07, 6.45) is 0. The van der Waals surface area contributed by atoms with Crippen LogP contribution >= 0.6 is 11.6 Å². The Hall–Kier alpha value is -2.27. The van der Waals surface area contributed by atoms with Gasteiger partial charge in [0, 0.05) is 10.7 Å². The fourth-order valence-corrected chi connectivity index (χ4v) is 2.12. The van der Waals surface area contributed by atoms with Crippen molar-refractivity contribution in [2.75, 3.05) is 17.2 Å². The van der Waals surface area contributed by atoms with Crippen molar-refractivity contribution < 1.29 is 13.9 Å². The van der Waals surface area contributed by atoms with Crippen LogP contribution in [0.25, 0.3) is 0 Å². The molecule has 0 spiro atoms. The van der Waals surface area contributed by atoms with E-state index in [4.69, 9.17) is 16.3 Å². The van der Waals surface area contributed by atoms with Crippen LogP contribution < -0.4 is 15.4 Å². The molecule has 23 heavy (non-hydrogen) atoms. The molecule has 122 valence electrons. The van der Waals surface area contributed by atoms with Crippen molar-refractivity contribution in [3.63, 3.8) is 0 Å². The van der Waals surface area contributed by atoms with Crippen molar-refractivity contribution >= 4 is 28.9 Å². The lowest BCUT2D eigenvalue weighted by Gasteiger charge is -2.16. The van der Waals surface area contributed by atoms with Crippen molar-refractivity contribution in [1.82, 2.24) is 0 Å². The van der Waals surface area contributed by atoms with E-state index in [0.717, 1.165) is 17.5 Å². The van der Waals surface area contributed by atoms with Gasteiger partial charge in [-0.05, 0) is 56.3 Å². The molecule has 1 atom stereocenters. The number of amides is 1. The summed E-state index contributed by atoms with van der Waals surface area (Å²) in [6.45, 7) is 4.20. The Morgan fingerprint density at radius 2 is 1.96 bits per heavy atom. The predicted molar refractivity (Wildman–Crippen MR) is 90.7 cm³/mol. The molecular weight excluding hydrogens is 319 g/mol. The lowest BCUT2D eigenvalue weighted by Crippen LogP contribution is -2.32. The van der Waals surface area contributed by atoms with Gasteiger partial charge < -0.3 is 15.4 Å². The summed E-state index contributed by atoms with van der Waals surface area (Å²) in [5.41, 5.74) is 0.868. The standard InChI is InChI=1S/C17H18ClFN2O2/c1-3-23-14-7-5-13(6-8-14)20-11(2)17(22)21-16-9-4-12(18)10-15(16)19/h4-11,20H,3H2,1-2H3,(H,21,22). The van der Waals surface area contributed by atoms with Gasteiger partial charge in [0.1, 0.15) is 17.6 Å². The molecule has 1 amide bonds. The molecule has 0 bridgehead atoms. The average Bonchev–Trinajstić information content (AvgIpc) is 2.52. The van der Waals surface area contributed by atoms with E-state index < -0.39 is 11.9 Å². The predicted octanol–water partition coefficient (Wildman–Crippen LogP) is 4.32. The summed E-state index contributed by atoms with van der Waals surface area (Å²) in [5, 5.41) is 5.85. The lowest BCUT2D eigenvalue weighted by atomic mass is 10.2. The molecule has 2 N–H and O–H groups in total. The number of hydrogen-bond acceptors (Lipinski definition) is 3. The molecule has 2 aromatic carbocycles. The summed E-state index contributed by atoms with van der Waals surface area (Å²) in [5.74, 6) is -0.155. The van der Waals surface area contributed by atoms with Crippen molar-refractivity contribution in [3.8, 4) is 5.75 Å². The minimum Gasteiger partial charge on any atom is -0.494 e. The quantitative estimate of drug-likeness (QED) is 0.826. The molecule has 1 unspecified atom stereocenters. The molecule has 0 saturated heterocycles. The minimum atomic E-state index is -0.570. The number of benzene rings is 2. The first-order valence-electron chi connectivity index (χ1n) is 7.25. The SMILES string of the molecule is CCOc1ccc(NC(C)C(=O)Nc2ccc(Cl)cc2F)cc1. The Morgan fingerprint density at radius 1 is 1.26 bits per heavy atom. The van der Waals surface area contributed by atoms with Crippen LogP contribution in [-0.4, -0.2) is 18.6 Å². The monoisotopic (exact) mass is 336 g/mol. The van der Waals surface area contributed by atoms with Gasteiger partial charge in [-0.3, -0.25) is 4.79 Å². The lowest BCUT2D eigenvalue weighted by molar-refractivity contribution is -0.116. The largest absolute Gasteiger partial charge is 0.494 e. The van der Waals surface area contributed by atoms with Gasteiger partial charge in [0.15, 0.2) is 0 Å². The second kappa shape index (κ2) is 7.83. The molecule has 0 aromatic heterocycles. The fourth-order valence-electron chi connectivity index (χ4n) is 1.96. The van der Waals surface area contributed by atoms with E-state index >= 15 is 0 Å². The highest BCUT2D eigenvalue weighted by atomic mass is 35.5. The van der Waals surface area contributed by atoms with Gasteiger partial charge in [-0.25, -0.2) is 4.39 Å². The van der Waals surface area contributed by atoms with E-state index in [2.05, 4.69) is 10.6 Å². The normalized spacial score (nSPS) is 11.7. The third kappa shape index (κ3) is 4.86. The molecule has 0 heterocycles. The maximum atomic E-state index is 13.7. The Kier molecular flexibility index (Phi) is 5.82. The van der Waals surface area contributed by atoms with E-state index in [1.54, 1.807) is 6.92 Å². The van der Waals surface area contributed by atoms with E-state index in [9.17, 15) is 9.18 Å². The van der Waals surface area contributed by atoms with Gasteiger partial charge >= 0.3 is 0 Å². The topological polar surface area (TPSA) is 50.4 Å². The van der Waals surface area contributed by atoms with E-state index in [0.29, 0.717) is 6.61 Å². The molecular formula is C17H18ClFN2O2. The number of anilines is 2. The maximum absolute atomic E-state index is 13.7. The molecule has 0 aliphatic heterocycles. The number of nitrogens with one attached hydrogen (secondary N) is 2. The molecule has 2 aromatic rings. The van der Waals surface area contributed by atoms with Crippen molar-refractivity contribution in [2.24, 2.45) is 0 Å². The second-order valence-corrected chi connectivity index (χ2v) is 5.37. The van der Waals surface area contributed by atoms with Crippen LogP contribution in [0.15, 0.2) is 42.5 Å².